The molecule has 0 saturated carbocycles. The Morgan fingerprint density at radius 2 is 1.94 bits per heavy atom. The standard InChI is InChI=1S/C28H34N4O3/c1-20-8-10-21(11-9-20)16-30-14-12-26-25(19-30)27(28(34)31-13-4-6-23(33)18-31)29-32(26)17-22-5-3-7-24(15-22)35-2/h3,5,7-11,15,23,33H,4,6,12-14,16-19H2,1-2H3. The van der Waals surface area contributed by atoms with Crippen LogP contribution in [0.3, 0.4) is 0 Å². The van der Waals surface area contributed by atoms with Crippen LogP contribution >= 0.6 is 0 Å². The molecule has 1 unspecified atom stereocenters. The number of ether oxygens (including phenoxy) is 1. The second-order valence-electron chi connectivity index (χ2n) is 9.78. The summed E-state index contributed by atoms with van der Waals surface area (Å²) in [5.41, 5.74) is 6.31. The fraction of sp³-hybridized carbons (Fsp3) is 0.429. The van der Waals surface area contributed by atoms with Crippen molar-refractivity contribution in [2.24, 2.45) is 0 Å². The number of hydrogen-bond donors (Lipinski definition) is 1. The van der Waals surface area contributed by atoms with Gasteiger partial charge in [-0.1, -0.05) is 42.0 Å². The first kappa shape index (κ1) is 23.6. The fourth-order valence-corrected chi connectivity index (χ4v) is 5.17. The minimum absolute atomic E-state index is 0.0680. The van der Waals surface area contributed by atoms with E-state index >= 15 is 0 Å². The number of carbonyl (C=O) groups is 1. The summed E-state index contributed by atoms with van der Waals surface area (Å²) in [5.74, 6) is 0.743. The molecule has 2 aromatic carbocycles. The third kappa shape index (κ3) is 5.26. The van der Waals surface area contributed by atoms with Crippen molar-refractivity contribution < 1.29 is 14.6 Å². The highest BCUT2D eigenvalue weighted by atomic mass is 16.5. The van der Waals surface area contributed by atoms with Crippen LogP contribution in [0.2, 0.25) is 0 Å². The summed E-state index contributed by atoms with van der Waals surface area (Å²) in [4.78, 5) is 17.8. The molecule has 0 aliphatic carbocycles. The topological polar surface area (TPSA) is 70.8 Å². The second-order valence-corrected chi connectivity index (χ2v) is 9.78. The number of nitrogens with zero attached hydrogens (tertiary/aromatic N) is 4. The van der Waals surface area contributed by atoms with E-state index in [9.17, 15) is 9.90 Å². The third-order valence-electron chi connectivity index (χ3n) is 7.09. The molecule has 2 aliphatic heterocycles. The average Bonchev–Trinajstić information content (AvgIpc) is 3.22. The molecule has 3 aromatic rings. The summed E-state index contributed by atoms with van der Waals surface area (Å²) >= 11 is 0. The minimum atomic E-state index is -0.458. The molecule has 0 radical (unpaired) electrons. The van der Waals surface area contributed by atoms with Gasteiger partial charge in [0.15, 0.2) is 5.69 Å². The van der Waals surface area contributed by atoms with Crippen LogP contribution < -0.4 is 4.74 Å². The summed E-state index contributed by atoms with van der Waals surface area (Å²) < 4.78 is 7.40. The number of benzene rings is 2. The van der Waals surface area contributed by atoms with E-state index in [1.165, 1.54) is 11.1 Å². The Hall–Kier alpha value is -3.16. The van der Waals surface area contributed by atoms with Crippen LogP contribution in [0.1, 0.15) is 51.3 Å². The van der Waals surface area contributed by atoms with Gasteiger partial charge in [0, 0.05) is 50.4 Å². The molecule has 3 heterocycles. The van der Waals surface area contributed by atoms with Gasteiger partial charge in [0.2, 0.25) is 0 Å². The van der Waals surface area contributed by atoms with Crippen LogP contribution in [0.4, 0.5) is 0 Å². The summed E-state index contributed by atoms with van der Waals surface area (Å²) in [5, 5.41) is 15.0. The van der Waals surface area contributed by atoms with Gasteiger partial charge in [0.25, 0.3) is 5.91 Å². The average molecular weight is 475 g/mol. The van der Waals surface area contributed by atoms with Crippen LogP contribution in [-0.4, -0.2) is 63.4 Å². The fourth-order valence-electron chi connectivity index (χ4n) is 5.17. The third-order valence-corrected chi connectivity index (χ3v) is 7.09. The Morgan fingerprint density at radius 1 is 1.11 bits per heavy atom. The lowest BCUT2D eigenvalue weighted by Crippen LogP contribution is -2.43. The number of aliphatic hydroxyl groups is 1. The second kappa shape index (κ2) is 10.2. The molecule has 1 aromatic heterocycles. The Morgan fingerprint density at radius 3 is 2.71 bits per heavy atom. The van der Waals surface area contributed by atoms with E-state index in [2.05, 4.69) is 42.2 Å². The van der Waals surface area contributed by atoms with Crippen molar-refractivity contribution >= 4 is 5.91 Å². The number of likely N-dealkylation sites (tertiary alicyclic amines) is 1. The summed E-state index contributed by atoms with van der Waals surface area (Å²) in [7, 11) is 1.67. The molecule has 7 nitrogen and oxygen atoms in total. The molecule has 0 bridgehead atoms. The summed E-state index contributed by atoms with van der Waals surface area (Å²) in [6.07, 6.45) is 1.95. The number of aryl methyl sites for hydroxylation is 1. The molecule has 1 atom stereocenters. The largest absolute Gasteiger partial charge is 0.497 e. The minimum Gasteiger partial charge on any atom is -0.497 e. The number of fused-ring (bicyclic) bond motifs is 1. The van der Waals surface area contributed by atoms with Crippen molar-refractivity contribution in [3.63, 3.8) is 0 Å². The lowest BCUT2D eigenvalue weighted by atomic mass is 10.0. The first-order chi connectivity index (χ1) is 17.0. The molecule has 184 valence electrons. The van der Waals surface area contributed by atoms with Gasteiger partial charge in [-0.3, -0.25) is 14.4 Å². The Labute approximate surface area is 206 Å². The van der Waals surface area contributed by atoms with Gasteiger partial charge in [-0.2, -0.15) is 5.10 Å². The Balaban J connectivity index is 1.44. The van der Waals surface area contributed by atoms with Crippen molar-refractivity contribution in [1.82, 2.24) is 19.6 Å². The van der Waals surface area contributed by atoms with Gasteiger partial charge in [0.1, 0.15) is 5.75 Å². The quantitative estimate of drug-likeness (QED) is 0.593. The van der Waals surface area contributed by atoms with Crippen LogP contribution in [0, 0.1) is 6.92 Å². The van der Waals surface area contributed by atoms with Gasteiger partial charge >= 0.3 is 0 Å². The number of aliphatic hydroxyl groups excluding tert-OH is 1. The highest BCUT2D eigenvalue weighted by molar-refractivity contribution is 5.94. The maximum atomic E-state index is 13.6. The van der Waals surface area contributed by atoms with Crippen LogP contribution in [0.5, 0.6) is 5.75 Å². The van der Waals surface area contributed by atoms with E-state index in [-0.39, 0.29) is 5.91 Å². The van der Waals surface area contributed by atoms with Crippen molar-refractivity contribution in [3.05, 3.63) is 82.2 Å². The first-order valence-electron chi connectivity index (χ1n) is 12.5. The van der Waals surface area contributed by atoms with Gasteiger partial charge < -0.3 is 14.7 Å². The zero-order valence-corrected chi connectivity index (χ0v) is 20.6. The molecule has 1 amide bonds. The number of aromatic nitrogens is 2. The molecule has 7 heteroatoms. The molecule has 1 fully saturated rings. The molecule has 1 N–H and O–H groups in total. The van der Waals surface area contributed by atoms with E-state index in [1.54, 1.807) is 12.0 Å². The van der Waals surface area contributed by atoms with Crippen LogP contribution in [0.15, 0.2) is 48.5 Å². The highest BCUT2D eigenvalue weighted by Gasteiger charge is 2.32. The van der Waals surface area contributed by atoms with E-state index in [0.717, 1.165) is 54.9 Å². The molecule has 2 aliphatic rings. The molecular formula is C28H34N4O3. The van der Waals surface area contributed by atoms with Gasteiger partial charge in [0.05, 0.1) is 19.8 Å². The van der Waals surface area contributed by atoms with E-state index in [1.807, 2.05) is 22.9 Å². The van der Waals surface area contributed by atoms with Crippen LogP contribution in [-0.2, 0) is 26.1 Å². The van der Waals surface area contributed by atoms with Gasteiger partial charge in [-0.15, -0.1) is 0 Å². The zero-order valence-electron chi connectivity index (χ0n) is 20.6. The summed E-state index contributed by atoms with van der Waals surface area (Å²) in [6.45, 7) is 6.19. The SMILES string of the molecule is COc1cccc(Cn2nc(C(=O)N3CCCC(O)C3)c3c2CCN(Cc2ccc(C)cc2)C3)c1. The highest BCUT2D eigenvalue weighted by Crippen LogP contribution is 2.27. The number of amides is 1. The number of piperidine rings is 1. The van der Waals surface area contributed by atoms with Crippen molar-refractivity contribution in [3.8, 4) is 5.75 Å². The number of β-amino-alcohol motifs (C(OH)–C–C–N with tert-alkyl or cyclic N) is 1. The predicted octanol–water partition coefficient (Wildman–Crippen LogP) is 3.40. The molecule has 35 heavy (non-hydrogen) atoms. The smallest absolute Gasteiger partial charge is 0.274 e. The van der Waals surface area contributed by atoms with E-state index < -0.39 is 6.10 Å². The molecular weight excluding hydrogens is 440 g/mol. The lowest BCUT2D eigenvalue weighted by Gasteiger charge is -2.31. The van der Waals surface area contributed by atoms with Crippen molar-refractivity contribution in [1.29, 1.82) is 0 Å². The zero-order chi connectivity index (χ0) is 24.4. The predicted molar refractivity (Wildman–Crippen MR) is 134 cm³/mol. The maximum Gasteiger partial charge on any atom is 0.274 e. The Bertz CT molecular complexity index is 1190. The van der Waals surface area contributed by atoms with Crippen molar-refractivity contribution in [2.75, 3.05) is 26.7 Å². The Kier molecular flexibility index (Phi) is 6.88. The lowest BCUT2D eigenvalue weighted by molar-refractivity contribution is 0.0466. The first-order valence-corrected chi connectivity index (χ1v) is 12.5. The number of rotatable bonds is 6. The molecule has 1 saturated heterocycles. The molecule has 5 rings (SSSR count). The maximum absolute atomic E-state index is 13.6. The monoisotopic (exact) mass is 474 g/mol. The number of carbonyl (C=O) groups excluding carboxylic acids is 1. The van der Waals surface area contributed by atoms with Crippen LogP contribution in [0.25, 0.3) is 0 Å². The van der Waals surface area contributed by atoms with E-state index in [0.29, 0.717) is 31.9 Å². The molecule has 0 spiro atoms. The summed E-state index contributed by atoms with van der Waals surface area (Å²) in [6, 6.07) is 16.6. The number of hydrogen-bond acceptors (Lipinski definition) is 5. The number of methoxy groups -OCH3 is 1. The normalized spacial score (nSPS) is 18.4. The van der Waals surface area contributed by atoms with Gasteiger partial charge in [-0.25, -0.2) is 0 Å². The van der Waals surface area contributed by atoms with Crippen molar-refractivity contribution in [2.45, 2.75) is 51.9 Å². The van der Waals surface area contributed by atoms with E-state index in [4.69, 9.17) is 9.84 Å². The van der Waals surface area contributed by atoms with Gasteiger partial charge in [-0.05, 0) is 43.0 Å².